The monoisotopic (exact) mass is 261 g/mol. The first-order chi connectivity index (χ1) is 9.83. The highest BCUT2D eigenvalue weighted by Gasteiger charge is 2.32. The Morgan fingerprint density at radius 1 is 0.900 bits per heavy atom. The van der Waals surface area contributed by atoms with Gasteiger partial charge in [0, 0.05) is 10.9 Å². The van der Waals surface area contributed by atoms with Crippen LogP contribution in [-0.4, -0.2) is 11.0 Å². The number of para-hydroxylation sites is 1. The third-order valence-electron chi connectivity index (χ3n) is 3.58. The number of cyclic esters (lactones) is 1. The van der Waals surface area contributed by atoms with E-state index in [0.29, 0.717) is 5.56 Å². The smallest absolute Gasteiger partial charge is 0.339 e. The number of hydrogen-bond donors (Lipinski definition) is 0. The Balaban J connectivity index is 1.86. The van der Waals surface area contributed by atoms with Crippen LogP contribution in [0.2, 0.25) is 0 Å². The van der Waals surface area contributed by atoms with Crippen LogP contribution in [0.1, 0.15) is 27.7 Å². The van der Waals surface area contributed by atoms with E-state index in [9.17, 15) is 4.79 Å². The Hall–Kier alpha value is -2.68. The Bertz CT molecular complexity index is 826. The average Bonchev–Trinajstić information content (AvgIpc) is 2.85. The number of hydrogen-bond acceptors (Lipinski definition) is 3. The molecule has 1 aromatic heterocycles. The molecule has 3 nitrogen and oxygen atoms in total. The van der Waals surface area contributed by atoms with Crippen molar-refractivity contribution in [1.29, 1.82) is 0 Å². The second-order valence-corrected chi connectivity index (χ2v) is 4.80. The molecular weight excluding hydrogens is 250 g/mol. The molecule has 0 spiro atoms. The number of carbonyl (C=O) groups is 1. The lowest BCUT2D eigenvalue weighted by Gasteiger charge is -2.10. The van der Waals surface area contributed by atoms with Crippen molar-refractivity contribution in [2.24, 2.45) is 0 Å². The maximum absolute atomic E-state index is 11.9. The Morgan fingerprint density at radius 3 is 2.65 bits per heavy atom. The van der Waals surface area contributed by atoms with Gasteiger partial charge in [0.1, 0.15) is 0 Å². The highest BCUT2D eigenvalue weighted by Crippen LogP contribution is 2.35. The average molecular weight is 261 g/mol. The van der Waals surface area contributed by atoms with Gasteiger partial charge in [-0.1, -0.05) is 42.5 Å². The van der Waals surface area contributed by atoms with Gasteiger partial charge in [-0.05, 0) is 18.2 Å². The first-order valence-electron chi connectivity index (χ1n) is 6.48. The van der Waals surface area contributed by atoms with Crippen LogP contribution in [-0.2, 0) is 4.74 Å². The summed E-state index contributed by atoms with van der Waals surface area (Å²) in [4.78, 5) is 16.5. The number of nitrogens with zero attached hydrogens (tertiary/aromatic N) is 1. The SMILES string of the molecule is O=C1OC(c2ccc3ccccc3n2)c2ccccc21. The molecular formula is C17H11NO2. The van der Waals surface area contributed by atoms with Gasteiger partial charge in [0.05, 0.1) is 16.8 Å². The predicted octanol–water partition coefficient (Wildman–Crippen LogP) is 3.49. The maximum atomic E-state index is 11.9. The second kappa shape index (κ2) is 4.17. The van der Waals surface area contributed by atoms with E-state index in [-0.39, 0.29) is 5.97 Å². The lowest BCUT2D eigenvalue weighted by molar-refractivity contribution is 0.0450. The zero-order chi connectivity index (χ0) is 13.5. The van der Waals surface area contributed by atoms with Crippen LogP contribution in [0.5, 0.6) is 0 Å². The molecule has 3 aromatic rings. The molecule has 4 rings (SSSR count). The van der Waals surface area contributed by atoms with Gasteiger partial charge in [0.15, 0.2) is 6.10 Å². The van der Waals surface area contributed by atoms with E-state index in [1.54, 1.807) is 6.07 Å². The van der Waals surface area contributed by atoms with E-state index >= 15 is 0 Å². The van der Waals surface area contributed by atoms with Crippen LogP contribution in [0.4, 0.5) is 0 Å². The molecule has 0 amide bonds. The van der Waals surface area contributed by atoms with Crippen molar-refractivity contribution in [2.45, 2.75) is 6.10 Å². The number of ether oxygens (including phenoxy) is 1. The summed E-state index contributed by atoms with van der Waals surface area (Å²) in [5.41, 5.74) is 3.19. The van der Waals surface area contributed by atoms with E-state index < -0.39 is 6.10 Å². The quantitative estimate of drug-likeness (QED) is 0.629. The number of benzene rings is 2. The zero-order valence-electron chi connectivity index (χ0n) is 10.6. The molecule has 20 heavy (non-hydrogen) atoms. The Labute approximate surface area is 115 Å². The zero-order valence-corrected chi connectivity index (χ0v) is 10.6. The van der Waals surface area contributed by atoms with Crippen molar-refractivity contribution in [2.75, 3.05) is 0 Å². The fourth-order valence-electron chi connectivity index (χ4n) is 2.59. The van der Waals surface area contributed by atoms with E-state index in [4.69, 9.17) is 4.74 Å². The van der Waals surface area contributed by atoms with Gasteiger partial charge in [0.25, 0.3) is 0 Å². The van der Waals surface area contributed by atoms with Gasteiger partial charge in [0.2, 0.25) is 0 Å². The molecule has 1 aliphatic rings. The van der Waals surface area contributed by atoms with Crippen LogP contribution in [0.25, 0.3) is 10.9 Å². The van der Waals surface area contributed by atoms with Crippen molar-refractivity contribution in [1.82, 2.24) is 4.98 Å². The summed E-state index contributed by atoms with van der Waals surface area (Å²) < 4.78 is 5.47. The number of rotatable bonds is 1. The summed E-state index contributed by atoms with van der Waals surface area (Å²) >= 11 is 0. The fourth-order valence-corrected chi connectivity index (χ4v) is 2.59. The van der Waals surface area contributed by atoms with Gasteiger partial charge in [-0.25, -0.2) is 9.78 Å². The second-order valence-electron chi connectivity index (χ2n) is 4.80. The van der Waals surface area contributed by atoms with E-state index in [2.05, 4.69) is 4.98 Å². The van der Waals surface area contributed by atoms with Gasteiger partial charge < -0.3 is 4.74 Å². The molecule has 2 heterocycles. The molecule has 0 aliphatic carbocycles. The lowest BCUT2D eigenvalue weighted by atomic mass is 10.0. The molecule has 0 radical (unpaired) electrons. The van der Waals surface area contributed by atoms with Crippen LogP contribution < -0.4 is 0 Å². The third kappa shape index (κ3) is 1.60. The summed E-state index contributed by atoms with van der Waals surface area (Å²) in [6, 6.07) is 19.3. The molecule has 2 aromatic carbocycles. The summed E-state index contributed by atoms with van der Waals surface area (Å²) in [6.45, 7) is 0. The first kappa shape index (κ1) is 11.2. The Kier molecular flexibility index (Phi) is 2.33. The molecule has 96 valence electrons. The summed E-state index contributed by atoms with van der Waals surface area (Å²) in [6.07, 6.45) is -0.400. The minimum atomic E-state index is -0.400. The molecule has 0 fully saturated rings. The normalized spacial score (nSPS) is 17.0. The van der Waals surface area contributed by atoms with Crippen LogP contribution in [0.15, 0.2) is 60.7 Å². The van der Waals surface area contributed by atoms with Gasteiger partial charge in [-0.3, -0.25) is 0 Å². The standard InChI is InChI=1S/C17H11NO2/c19-17-13-7-3-2-6-12(13)16(20-17)15-10-9-11-5-1-4-8-14(11)18-15/h1-10,16H. The molecule has 0 saturated heterocycles. The van der Waals surface area contributed by atoms with Crippen molar-refractivity contribution in [3.63, 3.8) is 0 Å². The molecule has 3 heteroatoms. The molecule has 0 bridgehead atoms. The summed E-state index contributed by atoms with van der Waals surface area (Å²) in [5, 5.41) is 1.08. The molecule has 1 atom stereocenters. The minimum absolute atomic E-state index is 0.277. The predicted molar refractivity (Wildman–Crippen MR) is 75.4 cm³/mol. The number of esters is 1. The van der Waals surface area contributed by atoms with Crippen LogP contribution in [0, 0.1) is 0 Å². The number of carbonyl (C=O) groups excluding carboxylic acids is 1. The third-order valence-corrected chi connectivity index (χ3v) is 3.58. The summed E-state index contributed by atoms with van der Waals surface area (Å²) in [7, 11) is 0. The maximum Gasteiger partial charge on any atom is 0.339 e. The van der Waals surface area contributed by atoms with Crippen molar-refractivity contribution < 1.29 is 9.53 Å². The fraction of sp³-hybridized carbons (Fsp3) is 0.0588. The molecule has 1 aliphatic heterocycles. The minimum Gasteiger partial charge on any atom is -0.447 e. The summed E-state index contributed by atoms with van der Waals surface area (Å²) in [5.74, 6) is -0.277. The number of fused-ring (bicyclic) bond motifs is 2. The highest BCUT2D eigenvalue weighted by atomic mass is 16.5. The van der Waals surface area contributed by atoms with E-state index in [0.717, 1.165) is 22.2 Å². The topological polar surface area (TPSA) is 39.2 Å². The largest absolute Gasteiger partial charge is 0.447 e. The van der Waals surface area contributed by atoms with Crippen LogP contribution in [0.3, 0.4) is 0 Å². The molecule has 0 saturated carbocycles. The molecule has 1 unspecified atom stereocenters. The Morgan fingerprint density at radius 2 is 1.70 bits per heavy atom. The van der Waals surface area contributed by atoms with Gasteiger partial charge in [-0.15, -0.1) is 0 Å². The van der Waals surface area contributed by atoms with E-state index in [1.807, 2.05) is 54.6 Å². The van der Waals surface area contributed by atoms with Crippen molar-refractivity contribution in [3.8, 4) is 0 Å². The van der Waals surface area contributed by atoms with Gasteiger partial charge >= 0.3 is 5.97 Å². The van der Waals surface area contributed by atoms with E-state index in [1.165, 1.54) is 0 Å². The van der Waals surface area contributed by atoms with Gasteiger partial charge in [-0.2, -0.15) is 0 Å². The highest BCUT2D eigenvalue weighted by molar-refractivity contribution is 5.94. The molecule has 0 N–H and O–H groups in total. The van der Waals surface area contributed by atoms with Crippen LogP contribution >= 0.6 is 0 Å². The number of pyridine rings is 1. The first-order valence-corrected chi connectivity index (χ1v) is 6.48. The number of aromatic nitrogens is 1. The van der Waals surface area contributed by atoms with Crippen molar-refractivity contribution >= 4 is 16.9 Å². The lowest BCUT2D eigenvalue weighted by Crippen LogP contribution is -2.03. The van der Waals surface area contributed by atoms with Crippen molar-refractivity contribution in [3.05, 3.63) is 77.5 Å².